The van der Waals surface area contributed by atoms with E-state index in [0.717, 1.165) is 11.1 Å². The number of carbonyl (C=O) groups is 1. The SMILES string of the molecule is O=C(OCC1COC(c2ccccc2)O1)C1COC(c2ccccc2)O1. The molecule has 0 N–H and O–H groups in total. The lowest BCUT2D eigenvalue weighted by Crippen LogP contribution is -2.29. The molecule has 0 spiro atoms. The van der Waals surface area contributed by atoms with Gasteiger partial charge in [0.25, 0.3) is 0 Å². The third kappa shape index (κ3) is 3.94. The fourth-order valence-electron chi connectivity index (χ4n) is 2.90. The van der Waals surface area contributed by atoms with E-state index in [0.29, 0.717) is 6.61 Å². The van der Waals surface area contributed by atoms with Gasteiger partial charge in [-0.15, -0.1) is 0 Å². The predicted octanol–water partition coefficient (Wildman–Crippen LogP) is 2.76. The van der Waals surface area contributed by atoms with E-state index < -0.39 is 24.7 Å². The Morgan fingerprint density at radius 2 is 1.42 bits per heavy atom. The van der Waals surface area contributed by atoms with Gasteiger partial charge in [0.15, 0.2) is 18.7 Å². The highest BCUT2D eigenvalue weighted by atomic mass is 16.7. The Kier molecular flexibility index (Phi) is 5.26. The lowest BCUT2D eigenvalue weighted by atomic mass is 10.2. The first kappa shape index (κ1) is 17.2. The van der Waals surface area contributed by atoms with E-state index >= 15 is 0 Å². The maximum absolute atomic E-state index is 12.2. The monoisotopic (exact) mass is 356 g/mol. The molecule has 4 rings (SSSR count). The second-order valence-corrected chi connectivity index (χ2v) is 6.16. The van der Waals surface area contributed by atoms with Crippen molar-refractivity contribution in [3.8, 4) is 0 Å². The molecule has 0 radical (unpaired) electrons. The van der Waals surface area contributed by atoms with Crippen molar-refractivity contribution >= 4 is 5.97 Å². The van der Waals surface area contributed by atoms with Gasteiger partial charge in [0, 0.05) is 11.1 Å². The first-order valence-electron chi connectivity index (χ1n) is 8.60. The molecular weight excluding hydrogens is 336 g/mol. The van der Waals surface area contributed by atoms with Gasteiger partial charge in [0.2, 0.25) is 0 Å². The van der Waals surface area contributed by atoms with Crippen molar-refractivity contribution in [1.29, 1.82) is 0 Å². The minimum atomic E-state index is -0.729. The lowest BCUT2D eigenvalue weighted by molar-refractivity contribution is -0.161. The fraction of sp³-hybridized carbons (Fsp3) is 0.350. The average Bonchev–Trinajstić information content (AvgIpc) is 3.37. The van der Waals surface area contributed by atoms with Crippen LogP contribution in [0, 0.1) is 0 Å². The average molecular weight is 356 g/mol. The summed E-state index contributed by atoms with van der Waals surface area (Å²) in [4.78, 5) is 12.2. The van der Waals surface area contributed by atoms with Crippen LogP contribution in [0.15, 0.2) is 60.7 Å². The fourth-order valence-corrected chi connectivity index (χ4v) is 2.90. The highest BCUT2D eigenvalue weighted by Gasteiger charge is 2.35. The van der Waals surface area contributed by atoms with E-state index in [4.69, 9.17) is 23.7 Å². The number of hydrogen-bond acceptors (Lipinski definition) is 6. The van der Waals surface area contributed by atoms with Crippen molar-refractivity contribution in [2.24, 2.45) is 0 Å². The molecule has 0 saturated carbocycles. The summed E-state index contributed by atoms with van der Waals surface area (Å²) in [5.41, 5.74) is 1.82. The normalized spacial score (nSPS) is 28.2. The number of esters is 1. The Morgan fingerprint density at radius 1 is 0.846 bits per heavy atom. The van der Waals surface area contributed by atoms with E-state index in [2.05, 4.69) is 0 Å². The van der Waals surface area contributed by atoms with Gasteiger partial charge in [-0.25, -0.2) is 4.79 Å². The van der Waals surface area contributed by atoms with Crippen molar-refractivity contribution in [3.05, 3.63) is 71.8 Å². The van der Waals surface area contributed by atoms with Gasteiger partial charge < -0.3 is 23.7 Å². The molecule has 6 nitrogen and oxygen atoms in total. The Bertz CT molecular complexity index is 720. The van der Waals surface area contributed by atoms with Crippen LogP contribution in [0.1, 0.15) is 23.7 Å². The molecule has 6 heteroatoms. The maximum atomic E-state index is 12.2. The van der Waals surface area contributed by atoms with Crippen LogP contribution in [0.5, 0.6) is 0 Å². The molecule has 4 atom stereocenters. The summed E-state index contributed by atoms with van der Waals surface area (Å²) in [7, 11) is 0. The molecule has 2 aliphatic heterocycles. The second kappa shape index (κ2) is 7.97. The van der Waals surface area contributed by atoms with Crippen LogP contribution in [0.2, 0.25) is 0 Å². The van der Waals surface area contributed by atoms with E-state index in [1.807, 2.05) is 60.7 Å². The molecule has 0 bridgehead atoms. The highest BCUT2D eigenvalue weighted by Crippen LogP contribution is 2.28. The first-order valence-corrected chi connectivity index (χ1v) is 8.60. The molecule has 4 unspecified atom stereocenters. The molecule has 136 valence electrons. The minimum Gasteiger partial charge on any atom is -0.461 e. The zero-order chi connectivity index (χ0) is 17.8. The highest BCUT2D eigenvalue weighted by molar-refractivity contribution is 5.75. The molecule has 2 aromatic rings. The van der Waals surface area contributed by atoms with E-state index in [-0.39, 0.29) is 19.3 Å². The third-order valence-electron chi connectivity index (χ3n) is 4.25. The molecule has 0 aliphatic carbocycles. The molecule has 0 amide bonds. The van der Waals surface area contributed by atoms with Crippen LogP contribution < -0.4 is 0 Å². The van der Waals surface area contributed by atoms with E-state index in [9.17, 15) is 4.79 Å². The minimum absolute atomic E-state index is 0.123. The number of ether oxygens (including phenoxy) is 5. The summed E-state index contributed by atoms with van der Waals surface area (Å²) >= 11 is 0. The lowest BCUT2D eigenvalue weighted by Gasteiger charge is -2.14. The zero-order valence-electron chi connectivity index (χ0n) is 14.2. The Balaban J connectivity index is 1.24. The summed E-state index contributed by atoms with van der Waals surface area (Å²) < 4.78 is 27.9. The maximum Gasteiger partial charge on any atom is 0.337 e. The summed E-state index contributed by atoms with van der Waals surface area (Å²) in [5, 5.41) is 0. The van der Waals surface area contributed by atoms with E-state index in [1.54, 1.807) is 0 Å². The van der Waals surface area contributed by atoms with Gasteiger partial charge in [-0.2, -0.15) is 0 Å². The van der Waals surface area contributed by atoms with Crippen LogP contribution in [-0.4, -0.2) is 38.0 Å². The first-order chi connectivity index (χ1) is 12.8. The molecule has 2 aromatic carbocycles. The topological polar surface area (TPSA) is 63.2 Å². The molecule has 2 heterocycles. The zero-order valence-corrected chi connectivity index (χ0v) is 14.2. The van der Waals surface area contributed by atoms with Crippen molar-refractivity contribution in [3.63, 3.8) is 0 Å². The van der Waals surface area contributed by atoms with Gasteiger partial charge in [0.1, 0.15) is 12.7 Å². The molecule has 2 saturated heterocycles. The van der Waals surface area contributed by atoms with Gasteiger partial charge >= 0.3 is 5.97 Å². The Hall–Kier alpha value is -2.25. The van der Waals surface area contributed by atoms with Crippen molar-refractivity contribution in [2.45, 2.75) is 24.8 Å². The Labute approximate surface area is 151 Å². The summed E-state index contributed by atoms with van der Waals surface area (Å²) in [5.74, 6) is -0.449. The van der Waals surface area contributed by atoms with E-state index in [1.165, 1.54) is 0 Å². The number of benzene rings is 2. The molecule has 0 aromatic heterocycles. The second-order valence-electron chi connectivity index (χ2n) is 6.16. The van der Waals surface area contributed by atoms with Gasteiger partial charge in [-0.05, 0) is 0 Å². The van der Waals surface area contributed by atoms with Gasteiger partial charge in [0.05, 0.1) is 13.2 Å². The van der Waals surface area contributed by atoms with Crippen LogP contribution in [0.25, 0.3) is 0 Å². The molecule has 2 fully saturated rings. The Morgan fingerprint density at radius 3 is 2.08 bits per heavy atom. The van der Waals surface area contributed by atoms with Crippen LogP contribution in [0.3, 0.4) is 0 Å². The molecule has 26 heavy (non-hydrogen) atoms. The standard InChI is InChI=1S/C20H20O6/c21-18(17-13-24-20(26-17)15-9-5-2-6-10-15)22-11-16-12-23-19(25-16)14-7-3-1-4-8-14/h1-10,16-17,19-20H,11-13H2. The van der Waals surface area contributed by atoms with Gasteiger partial charge in [-0.1, -0.05) is 60.7 Å². The quantitative estimate of drug-likeness (QED) is 0.768. The number of hydrogen-bond donors (Lipinski definition) is 0. The van der Waals surface area contributed by atoms with Crippen molar-refractivity contribution in [2.75, 3.05) is 19.8 Å². The molecular formula is C20H20O6. The molecule has 2 aliphatic rings. The van der Waals surface area contributed by atoms with Crippen LogP contribution in [0.4, 0.5) is 0 Å². The number of carbonyl (C=O) groups excluding carboxylic acids is 1. The predicted molar refractivity (Wildman–Crippen MR) is 91.0 cm³/mol. The summed E-state index contributed by atoms with van der Waals surface area (Å²) in [6.45, 7) is 0.673. The van der Waals surface area contributed by atoms with Crippen molar-refractivity contribution < 1.29 is 28.5 Å². The summed E-state index contributed by atoms with van der Waals surface area (Å²) in [6.07, 6.45) is -1.99. The van der Waals surface area contributed by atoms with Crippen LogP contribution in [-0.2, 0) is 28.5 Å². The van der Waals surface area contributed by atoms with Crippen molar-refractivity contribution in [1.82, 2.24) is 0 Å². The largest absolute Gasteiger partial charge is 0.461 e. The van der Waals surface area contributed by atoms with Gasteiger partial charge in [-0.3, -0.25) is 0 Å². The smallest absolute Gasteiger partial charge is 0.337 e. The summed E-state index contributed by atoms with van der Waals surface area (Å²) in [6, 6.07) is 19.2. The number of rotatable bonds is 5. The third-order valence-corrected chi connectivity index (χ3v) is 4.25. The van der Waals surface area contributed by atoms with Crippen LogP contribution >= 0.6 is 0 Å².